The summed E-state index contributed by atoms with van der Waals surface area (Å²) >= 11 is 0. The second-order valence-corrected chi connectivity index (χ2v) is 6.44. The number of nitrogens with one attached hydrogen (secondary N) is 2. The average molecular weight is 353 g/mol. The fourth-order valence-electron chi connectivity index (χ4n) is 3.11. The number of carbonyl (C=O) groups excluding carboxylic acids is 2. The Hall–Kier alpha value is -2.89. The van der Waals surface area contributed by atoms with Crippen molar-refractivity contribution in [2.75, 3.05) is 12.4 Å². The number of hydrogen-bond acceptors (Lipinski definition) is 5. The summed E-state index contributed by atoms with van der Waals surface area (Å²) in [4.78, 5) is 28.2. The fraction of sp³-hybridized carbons (Fsp3) is 0.350. The molecule has 1 heterocycles. The number of benzene rings is 1. The van der Waals surface area contributed by atoms with Gasteiger partial charge in [-0.3, -0.25) is 4.79 Å². The number of rotatable bonds is 5. The molecule has 2 N–H and O–H groups in total. The first-order chi connectivity index (χ1) is 12.7. The van der Waals surface area contributed by atoms with Crippen molar-refractivity contribution >= 4 is 23.4 Å². The Kier molecular flexibility index (Phi) is 5.84. The predicted molar refractivity (Wildman–Crippen MR) is 99.6 cm³/mol. The van der Waals surface area contributed by atoms with Gasteiger partial charge in [-0.2, -0.15) is 0 Å². The van der Waals surface area contributed by atoms with Gasteiger partial charge < -0.3 is 15.4 Å². The summed E-state index contributed by atoms with van der Waals surface area (Å²) in [5.41, 5.74) is 1.73. The van der Waals surface area contributed by atoms with E-state index >= 15 is 0 Å². The van der Waals surface area contributed by atoms with Crippen LogP contribution in [0, 0.1) is 0 Å². The van der Waals surface area contributed by atoms with Crippen LogP contribution in [0.25, 0.3) is 0 Å². The van der Waals surface area contributed by atoms with Crippen LogP contribution in [0.5, 0.6) is 0 Å². The molecule has 1 aromatic carbocycles. The van der Waals surface area contributed by atoms with Crippen LogP contribution in [0.2, 0.25) is 0 Å². The molecule has 136 valence electrons. The molecule has 6 nitrogen and oxygen atoms in total. The van der Waals surface area contributed by atoms with Crippen molar-refractivity contribution in [3.63, 3.8) is 0 Å². The SMILES string of the molecule is COC(=O)c1cccc(Nc2ccc(C(=O)NC3CCCCC3)cn2)c1. The van der Waals surface area contributed by atoms with Gasteiger partial charge in [0, 0.05) is 17.9 Å². The Balaban J connectivity index is 1.62. The maximum Gasteiger partial charge on any atom is 0.337 e. The van der Waals surface area contributed by atoms with Gasteiger partial charge >= 0.3 is 5.97 Å². The molecule has 1 saturated carbocycles. The third kappa shape index (κ3) is 4.59. The predicted octanol–water partition coefficient (Wildman–Crippen LogP) is 3.67. The maximum atomic E-state index is 12.3. The molecule has 0 radical (unpaired) electrons. The second kappa shape index (κ2) is 8.47. The van der Waals surface area contributed by atoms with Crippen LogP contribution in [0.3, 0.4) is 0 Å². The number of anilines is 2. The van der Waals surface area contributed by atoms with Gasteiger partial charge in [-0.05, 0) is 43.2 Å². The Morgan fingerprint density at radius 3 is 2.58 bits per heavy atom. The molecule has 0 atom stereocenters. The molecule has 1 amide bonds. The first-order valence-electron chi connectivity index (χ1n) is 8.88. The topological polar surface area (TPSA) is 80.3 Å². The van der Waals surface area contributed by atoms with Crippen LogP contribution in [0.1, 0.15) is 52.8 Å². The van der Waals surface area contributed by atoms with Crippen LogP contribution in [-0.2, 0) is 4.74 Å². The molecule has 1 aliphatic rings. The van der Waals surface area contributed by atoms with Gasteiger partial charge in [0.1, 0.15) is 5.82 Å². The van der Waals surface area contributed by atoms with E-state index in [9.17, 15) is 9.59 Å². The lowest BCUT2D eigenvalue weighted by atomic mass is 9.95. The van der Waals surface area contributed by atoms with Crippen LogP contribution in [0.15, 0.2) is 42.6 Å². The van der Waals surface area contributed by atoms with Crippen molar-refractivity contribution in [2.45, 2.75) is 38.1 Å². The van der Waals surface area contributed by atoms with Gasteiger partial charge in [0.2, 0.25) is 0 Å². The van der Waals surface area contributed by atoms with E-state index in [1.807, 2.05) is 6.07 Å². The Bertz CT molecular complexity index is 768. The van der Waals surface area contributed by atoms with Gasteiger partial charge in [-0.15, -0.1) is 0 Å². The Morgan fingerprint density at radius 2 is 1.88 bits per heavy atom. The molecule has 1 fully saturated rings. The molecule has 1 aliphatic carbocycles. The monoisotopic (exact) mass is 353 g/mol. The third-order valence-corrected chi connectivity index (χ3v) is 4.52. The number of pyridine rings is 1. The van der Waals surface area contributed by atoms with Crippen LogP contribution < -0.4 is 10.6 Å². The lowest BCUT2D eigenvalue weighted by Crippen LogP contribution is -2.36. The van der Waals surface area contributed by atoms with E-state index in [2.05, 4.69) is 15.6 Å². The molecule has 3 rings (SSSR count). The van der Waals surface area contributed by atoms with Crippen molar-refractivity contribution in [3.8, 4) is 0 Å². The number of methoxy groups -OCH3 is 1. The van der Waals surface area contributed by atoms with E-state index in [0.29, 0.717) is 16.9 Å². The van der Waals surface area contributed by atoms with Gasteiger partial charge in [0.15, 0.2) is 0 Å². The highest BCUT2D eigenvalue weighted by atomic mass is 16.5. The first-order valence-corrected chi connectivity index (χ1v) is 8.88. The molecule has 26 heavy (non-hydrogen) atoms. The van der Waals surface area contributed by atoms with Crippen molar-refractivity contribution in [2.24, 2.45) is 0 Å². The largest absolute Gasteiger partial charge is 0.465 e. The Morgan fingerprint density at radius 1 is 1.08 bits per heavy atom. The number of aromatic nitrogens is 1. The summed E-state index contributed by atoms with van der Waals surface area (Å²) in [5, 5.41) is 6.20. The quantitative estimate of drug-likeness (QED) is 0.802. The van der Waals surface area contributed by atoms with Crippen molar-refractivity contribution in [1.29, 1.82) is 0 Å². The summed E-state index contributed by atoms with van der Waals surface area (Å²) in [6.07, 6.45) is 7.27. The highest BCUT2D eigenvalue weighted by Gasteiger charge is 2.16. The minimum Gasteiger partial charge on any atom is -0.465 e. The van der Waals surface area contributed by atoms with Crippen LogP contribution in [-0.4, -0.2) is 30.0 Å². The summed E-state index contributed by atoms with van der Waals surface area (Å²) in [5.74, 6) is 0.126. The van der Waals surface area contributed by atoms with E-state index in [1.165, 1.54) is 26.4 Å². The van der Waals surface area contributed by atoms with E-state index in [1.54, 1.807) is 36.5 Å². The van der Waals surface area contributed by atoms with E-state index < -0.39 is 5.97 Å². The summed E-state index contributed by atoms with van der Waals surface area (Å²) in [6, 6.07) is 10.7. The van der Waals surface area contributed by atoms with Crippen molar-refractivity contribution in [3.05, 3.63) is 53.7 Å². The van der Waals surface area contributed by atoms with Gasteiger partial charge in [-0.1, -0.05) is 25.3 Å². The normalized spacial score (nSPS) is 14.5. The molecule has 6 heteroatoms. The number of hydrogen-bond donors (Lipinski definition) is 2. The summed E-state index contributed by atoms with van der Waals surface area (Å²) in [6.45, 7) is 0. The molecule has 0 bridgehead atoms. The first kappa shape index (κ1) is 17.9. The minimum atomic E-state index is -0.392. The maximum absolute atomic E-state index is 12.3. The molecule has 2 aromatic rings. The van der Waals surface area contributed by atoms with E-state index in [0.717, 1.165) is 18.5 Å². The number of carbonyl (C=O) groups is 2. The number of ether oxygens (including phenoxy) is 1. The zero-order valence-electron chi connectivity index (χ0n) is 14.8. The molecule has 0 aliphatic heterocycles. The smallest absolute Gasteiger partial charge is 0.337 e. The highest BCUT2D eigenvalue weighted by Crippen LogP contribution is 2.19. The number of nitrogens with zero attached hydrogens (tertiary/aromatic N) is 1. The van der Waals surface area contributed by atoms with Crippen LogP contribution >= 0.6 is 0 Å². The number of esters is 1. The van der Waals surface area contributed by atoms with E-state index in [-0.39, 0.29) is 11.9 Å². The third-order valence-electron chi connectivity index (χ3n) is 4.52. The standard InChI is InChI=1S/C20H23N3O3/c1-26-20(25)14-6-5-9-17(12-14)22-18-11-10-15(13-21-18)19(24)23-16-7-3-2-4-8-16/h5-6,9-13,16H,2-4,7-8H2,1H3,(H,21,22)(H,23,24). The van der Waals surface area contributed by atoms with Crippen molar-refractivity contribution in [1.82, 2.24) is 10.3 Å². The lowest BCUT2D eigenvalue weighted by Gasteiger charge is -2.22. The van der Waals surface area contributed by atoms with Gasteiger partial charge in [-0.25, -0.2) is 9.78 Å². The fourth-order valence-corrected chi connectivity index (χ4v) is 3.11. The number of amides is 1. The Labute approximate surface area is 153 Å². The van der Waals surface area contributed by atoms with Gasteiger partial charge in [0.25, 0.3) is 5.91 Å². The second-order valence-electron chi connectivity index (χ2n) is 6.44. The summed E-state index contributed by atoms with van der Waals surface area (Å²) < 4.78 is 4.72. The molecule has 0 saturated heterocycles. The summed E-state index contributed by atoms with van der Waals surface area (Å²) in [7, 11) is 1.35. The molecule has 0 spiro atoms. The van der Waals surface area contributed by atoms with Gasteiger partial charge in [0.05, 0.1) is 18.2 Å². The molecular weight excluding hydrogens is 330 g/mol. The minimum absolute atomic E-state index is 0.0800. The van der Waals surface area contributed by atoms with E-state index in [4.69, 9.17) is 4.74 Å². The lowest BCUT2D eigenvalue weighted by molar-refractivity contribution is 0.0600. The average Bonchev–Trinajstić information content (AvgIpc) is 2.69. The molecular formula is C20H23N3O3. The zero-order chi connectivity index (χ0) is 18.4. The van der Waals surface area contributed by atoms with Crippen molar-refractivity contribution < 1.29 is 14.3 Å². The highest BCUT2D eigenvalue weighted by molar-refractivity contribution is 5.94. The molecule has 1 aromatic heterocycles. The zero-order valence-corrected chi connectivity index (χ0v) is 14.8. The molecule has 0 unspecified atom stereocenters. The van der Waals surface area contributed by atoms with Crippen LogP contribution in [0.4, 0.5) is 11.5 Å².